The Labute approximate surface area is 127 Å². The summed E-state index contributed by atoms with van der Waals surface area (Å²) in [7, 11) is 1.63. The molecule has 0 saturated carbocycles. The number of hydrogen-bond donors (Lipinski definition) is 1. The Morgan fingerprint density at radius 3 is 2.48 bits per heavy atom. The predicted octanol–water partition coefficient (Wildman–Crippen LogP) is 4.31. The van der Waals surface area contributed by atoms with Gasteiger partial charge in [-0.2, -0.15) is 13.2 Å². The number of alkyl halides is 3. The van der Waals surface area contributed by atoms with Crippen molar-refractivity contribution in [3.63, 3.8) is 0 Å². The molecule has 0 fully saturated rings. The first-order valence-electron chi connectivity index (χ1n) is 5.99. The van der Waals surface area contributed by atoms with Crippen molar-refractivity contribution in [3.8, 4) is 0 Å². The Hall–Kier alpha value is -1.47. The molecule has 21 heavy (non-hydrogen) atoms. The van der Waals surface area contributed by atoms with E-state index in [0.29, 0.717) is 15.7 Å². The molecular weight excluding hydrogens is 352 g/mol. The van der Waals surface area contributed by atoms with E-state index in [1.165, 1.54) is 6.07 Å². The summed E-state index contributed by atoms with van der Waals surface area (Å²) in [5.74, 6) is -1.30. The molecule has 2 rings (SSSR count). The maximum Gasteiger partial charge on any atom is 0.419 e. The first kappa shape index (κ1) is 15.9. The summed E-state index contributed by atoms with van der Waals surface area (Å²) in [6, 6.07) is 5.82. The average molecular weight is 363 g/mol. The minimum absolute atomic E-state index is 0.363. The van der Waals surface area contributed by atoms with E-state index < -0.39 is 23.6 Å². The second-order valence-electron chi connectivity index (χ2n) is 4.33. The standard InChI is InChI=1S/C14H11BrF4N2/c1-20-12(13-10(15)3-2-6-21-13)8-4-5-9(11(16)7-8)14(17,18)19/h2-7,12,20H,1H3. The minimum atomic E-state index is -4.71. The quantitative estimate of drug-likeness (QED) is 0.823. The van der Waals surface area contributed by atoms with Crippen LogP contribution < -0.4 is 5.32 Å². The van der Waals surface area contributed by atoms with E-state index in [9.17, 15) is 17.6 Å². The summed E-state index contributed by atoms with van der Waals surface area (Å²) in [5.41, 5.74) is -0.345. The van der Waals surface area contributed by atoms with Crippen molar-refractivity contribution in [1.82, 2.24) is 10.3 Å². The van der Waals surface area contributed by atoms with Gasteiger partial charge in [0.2, 0.25) is 0 Å². The Morgan fingerprint density at radius 1 is 1.24 bits per heavy atom. The molecule has 0 bridgehead atoms. The van der Waals surface area contributed by atoms with E-state index in [1.807, 2.05) is 0 Å². The van der Waals surface area contributed by atoms with Gasteiger partial charge in [0.1, 0.15) is 5.82 Å². The van der Waals surface area contributed by atoms with Gasteiger partial charge in [-0.25, -0.2) is 4.39 Å². The van der Waals surface area contributed by atoms with Crippen LogP contribution in [0.3, 0.4) is 0 Å². The van der Waals surface area contributed by atoms with Crippen LogP contribution in [0.25, 0.3) is 0 Å². The van der Waals surface area contributed by atoms with E-state index in [1.54, 1.807) is 25.4 Å². The molecule has 1 aromatic heterocycles. The van der Waals surface area contributed by atoms with Crippen LogP contribution >= 0.6 is 15.9 Å². The van der Waals surface area contributed by atoms with Gasteiger partial charge in [0.25, 0.3) is 0 Å². The summed E-state index contributed by atoms with van der Waals surface area (Å²) in [4.78, 5) is 4.17. The summed E-state index contributed by atoms with van der Waals surface area (Å²) < 4.78 is 52.1. The zero-order valence-electron chi connectivity index (χ0n) is 10.9. The second-order valence-corrected chi connectivity index (χ2v) is 5.18. The zero-order valence-corrected chi connectivity index (χ0v) is 12.5. The molecule has 0 radical (unpaired) electrons. The Kier molecular flexibility index (Phi) is 4.63. The van der Waals surface area contributed by atoms with Gasteiger partial charge in [-0.05, 0) is 52.8 Å². The number of rotatable bonds is 3. The molecular formula is C14H11BrF4N2. The first-order chi connectivity index (χ1) is 9.84. The highest BCUT2D eigenvalue weighted by Gasteiger charge is 2.34. The Bertz CT molecular complexity index is 643. The van der Waals surface area contributed by atoms with Crippen molar-refractivity contribution in [2.75, 3.05) is 7.05 Å². The van der Waals surface area contributed by atoms with Gasteiger partial charge in [-0.1, -0.05) is 6.07 Å². The third-order valence-electron chi connectivity index (χ3n) is 2.98. The van der Waals surface area contributed by atoms with Gasteiger partial charge in [-0.3, -0.25) is 4.98 Å². The largest absolute Gasteiger partial charge is 0.419 e. The highest BCUT2D eigenvalue weighted by molar-refractivity contribution is 9.10. The van der Waals surface area contributed by atoms with Crippen LogP contribution in [-0.4, -0.2) is 12.0 Å². The number of hydrogen-bond acceptors (Lipinski definition) is 2. The Morgan fingerprint density at radius 2 is 1.95 bits per heavy atom. The maximum atomic E-state index is 13.7. The van der Waals surface area contributed by atoms with E-state index >= 15 is 0 Å². The number of aromatic nitrogens is 1. The monoisotopic (exact) mass is 362 g/mol. The number of nitrogens with one attached hydrogen (secondary N) is 1. The normalized spacial score (nSPS) is 13.2. The topological polar surface area (TPSA) is 24.9 Å². The van der Waals surface area contributed by atoms with Crippen molar-refractivity contribution >= 4 is 15.9 Å². The fourth-order valence-corrected chi connectivity index (χ4v) is 2.50. The molecule has 0 amide bonds. The molecule has 0 spiro atoms. The number of pyridine rings is 1. The van der Waals surface area contributed by atoms with Crippen molar-refractivity contribution in [3.05, 3.63) is 63.6 Å². The van der Waals surface area contributed by atoms with Gasteiger partial charge in [0.15, 0.2) is 0 Å². The highest BCUT2D eigenvalue weighted by atomic mass is 79.9. The van der Waals surface area contributed by atoms with Crippen molar-refractivity contribution in [1.29, 1.82) is 0 Å². The summed E-state index contributed by atoms with van der Waals surface area (Å²) in [6.45, 7) is 0. The van der Waals surface area contributed by atoms with E-state index in [-0.39, 0.29) is 0 Å². The summed E-state index contributed by atoms with van der Waals surface area (Å²) in [5, 5.41) is 2.92. The van der Waals surface area contributed by atoms with Gasteiger partial charge in [-0.15, -0.1) is 0 Å². The molecule has 1 heterocycles. The van der Waals surface area contributed by atoms with E-state index in [4.69, 9.17) is 0 Å². The molecule has 0 aliphatic heterocycles. The van der Waals surface area contributed by atoms with Crippen molar-refractivity contribution < 1.29 is 17.6 Å². The van der Waals surface area contributed by atoms with Gasteiger partial charge >= 0.3 is 6.18 Å². The van der Waals surface area contributed by atoms with Gasteiger partial charge in [0.05, 0.1) is 17.3 Å². The fourth-order valence-electron chi connectivity index (χ4n) is 2.01. The SMILES string of the molecule is CNC(c1ccc(C(F)(F)F)c(F)c1)c1ncccc1Br. The van der Waals surface area contributed by atoms with Crippen LogP contribution in [0.15, 0.2) is 41.0 Å². The van der Waals surface area contributed by atoms with Crippen molar-refractivity contribution in [2.45, 2.75) is 12.2 Å². The van der Waals surface area contributed by atoms with Gasteiger partial charge < -0.3 is 5.32 Å². The molecule has 2 aromatic rings. The number of nitrogens with zero attached hydrogens (tertiary/aromatic N) is 1. The molecule has 1 unspecified atom stereocenters. The lowest BCUT2D eigenvalue weighted by atomic mass is 10.0. The van der Waals surface area contributed by atoms with Crippen LogP contribution in [0.4, 0.5) is 17.6 Å². The molecule has 0 aliphatic rings. The van der Waals surface area contributed by atoms with E-state index in [2.05, 4.69) is 26.2 Å². The van der Waals surface area contributed by atoms with Crippen LogP contribution in [-0.2, 0) is 6.18 Å². The summed E-state index contributed by atoms with van der Waals surface area (Å²) >= 11 is 3.32. The minimum Gasteiger partial charge on any atom is -0.308 e. The summed E-state index contributed by atoms with van der Waals surface area (Å²) in [6.07, 6.45) is -3.14. The van der Waals surface area contributed by atoms with Crippen molar-refractivity contribution in [2.24, 2.45) is 0 Å². The van der Waals surface area contributed by atoms with Gasteiger partial charge in [0, 0.05) is 10.7 Å². The molecule has 7 heteroatoms. The Balaban J connectivity index is 2.45. The third-order valence-corrected chi connectivity index (χ3v) is 3.65. The highest BCUT2D eigenvalue weighted by Crippen LogP contribution is 2.34. The van der Waals surface area contributed by atoms with Crippen LogP contribution in [0.5, 0.6) is 0 Å². The lowest BCUT2D eigenvalue weighted by molar-refractivity contribution is -0.140. The zero-order chi connectivity index (χ0) is 15.6. The second kappa shape index (κ2) is 6.11. The smallest absolute Gasteiger partial charge is 0.308 e. The average Bonchev–Trinajstić information content (AvgIpc) is 2.40. The van der Waals surface area contributed by atoms with Crippen LogP contribution in [0, 0.1) is 5.82 Å². The molecule has 1 atom stereocenters. The lowest BCUT2D eigenvalue weighted by Gasteiger charge is -2.18. The lowest BCUT2D eigenvalue weighted by Crippen LogP contribution is -2.20. The molecule has 1 N–H and O–H groups in total. The van der Waals surface area contributed by atoms with E-state index in [0.717, 1.165) is 12.1 Å². The maximum absolute atomic E-state index is 13.7. The molecule has 1 aromatic carbocycles. The third kappa shape index (κ3) is 3.41. The molecule has 0 aliphatic carbocycles. The predicted molar refractivity (Wildman–Crippen MR) is 74.2 cm³/mol. The first-order valence-corrected chi connectivity index (χ1v) is 6.78. The number of halogens is 5. The molecule has 0 saturated heterocycles. The number of benzene rings is 1. The molecule has 112 valence electrons. The van der Waals surface area contributed by atoms with Crippen LogP contribution in [0.1, 0.15) is 22.9 Å². The molecule has 2 nitrogen and oxygen atoms in total. The van der Waals surface area contributed by atoms with Crippen LogP contribution in [0.2, 0.25) is 0 Å². The fraction of sp³-hybridized carbons (Fsp3) is 0.214.